The average Bonchev–Trinajstić information content (AvgIpc) is 3.21. The summed E-state index contributed by atoms with van der Waals surface area (Å²) in [6, 6.07) is 2.34. The van der Waals surface area contributed by atoms with Crippen LogP contribution in [0.1, 0.15) is 42.2 Å². The van der Waals surface area contributed by atoms with Crippen molar-refractivity contribution in [2.75, 3.05) is 13.7 Å². The Hall–Kier alpha value is -0.380. The number of likely N-dealkylation sites (N-methyl/N-ethyl adjacent to an activating group) is 1. The van der Waals surface area contributed by atoms with Gasteiger partial charge >= 0.3 is 0 Å². The third-order valence-corrected chi connectivity index (χ3v) is 5.63. The molecule has 0 amide bonds. The highest BCUT2D eigenvalue weighted by Gasteiger charge is 2.57. The summed E-state index contributed by atoms with van der Waals surface area (Å²) in [7, 11) is 2.07. The van der Waals surface area contributed by atoms with Crippen LogP contribution in [0.3, 0.4) is 0 Å². The summed E-state index contributed by atoms with van der Waals surface area (Å²) in [5, 5.41) is 5.73. The van der Waals surface area contributed by atoms with E-state index in [1.807, 2.05) is 11.3 Å². The number of hydrogen-bond donors (Lipinski definition) is 1. The minimum atomic E-state index is 0.260. The van der Waals surface area contributed by atoms with Gasteiger partial charge in [-0.3, -0.25) is 0 Å². The Kier molecular flexibility index (Phi) is 1.74. The third-order valence-electron chi connectivity index (χ3n) is 4.67. The molecule has 2 fully saturated rings. The molecule has 2 heterocycles. The van der Waals surface area contributed by atoms with Crippen LogP contribution in [0.4, 0.5) is 0 Å². The number of hydrogen-bond acceptors (Lipinski definition) is 3. The van der Waals surface area contributed by atoms with Gasteiger partial charge in [-0.25, -0.2) is 0 Å². The third kappa shape index (κ3) is 1.09. The van der Waals surface area contributed by atoms with Gasteiger partial charge in [0.1, 0.15) is 6.10 Å². The fraction of sp³-hybridized carbons (Fsp3) is 0.692. The van der Waals surface area contributed by atoms with Crippen LogP contribution in [-0.4, -0.2) is 19.2 Å². The molecule has 3 aliphatic rings. The van der Waals surface area contributed by atoms with E-state index < -0.39 is 0 Å². The number of fused-ring (bicyclic) bond motifs is 2. The first-order valence-electron chi connectivity index (χ1n) is 6.18. The Bertz CT molecular complexity index is 431. The maximum absolute atomic E-state index is 6.21. The molecule has 3 heteroatoms. The summed E-state index contributed by atoms with van der Waals surface area (Å²) in [4.78, 5) is 1.51. The molecule has 0 aromatic carbocycles. The average molecular weight is 235 g/mol. The van der Waals surface area contributed by atoms with Crippen LogP contribution in [0, 0.1) is 0 Å². The van der Waals surface area contributed by atoms with Gasteiger partial charge in [0.2, 0.25) is 0 Å². The first-order valence-corrected chi connectivity index (χ1v) is 7.06. The summed E-state index contributed by atoms with van der Waals surface area (Å²) in [5.74, 6) is 0. The molecule has 0 unspecified atom stereocenters. The van der Waals surface area contributed by atoms with Gasteiger partial charge in [0.15, 0.2) is 0 Å². The van der Waals surface area contributed by atoms with Crippen molar-refractivity contribution in [1.29, 1.82) is 0 Å². The van der Waals surface area contributed by atoms with Gasteiger partial charge in [0, 0.05) is 15.8 Å². The number of nitrogens with one attached hydrogen (secondary N) is 1. The van der Waals surface area contributed by atoms with Crippen LogP contribution < -0.4 is 5.32 Å². The second-order valence-electron chi connectivity index (χ2n) is 5.58. The molecular formula is C13H17NOS. The molecule has 0 saturated heterocycles. The van der Waals surface area contributed by atoms with Crippen LogP contribution in [0.25, 0.3) is 0 Å². The van der Waals surface area contributed by atoms with Crippen molar-refractivity contribution >= 4 is 11.3 Å². The zero-order chi connectivity index (χ0) is 10.8. The second kappa shape index (κ2) is 2.89. The first kappa shape index (κ1) is 9.63. The highest BCUT2D eigenvalue weighted by molar-refractivity contribution is 7.10. The molecule has 0 bridgehead atoms. The lowest BCUT2D eigenvalue weighted by molar-refractivity contribution is -0.00532. The van der Waals surface area contributed by atoms with Crippen molar-refractivity contribution in [3.05, 3.63) is 21.9 Å². The van der Waals surface area contributed by atoms with Crippen LogP contribution in [0.15, 0.2) is 11.4 Å². The lowest BCUT2D eigenvalue weighted by Crippen LogP contribution is -2.40. The molecule has 2 aliphatic carbocycles. The minimum Gasteiger partial charge on any atom is -0.370 e. The van der Waals surface area contributed by atoms with Crippen LogP contribution in [0.5, 0.6) is 0 Å². The number of thiophene rings is 1. The molecule has 1 atom stereocenters. The van der Waals surface area contributed by atoms with Gasteiger partial charge in [-0.2, -0.15) is 0 Å². The minimum absolute atomic E-state index is 0.260. The van der Waals surface area contributed by atoms with Gasteiger partial charge in [0.25, 0.3) is 0 Å². The lowest BCUT2D eigenvalue weighted by atomic mass is 9.90. The van der Waals surface area contributed by atoms with Crippen LogP contribution in [0.2, 0.25) is 0 Å². The standard InChI is InChI=1S/C13H17NOS/c1-14-13(5-6-13)11-10-9(2-7-16-10)12(3-4-12)8-15-11/h2,7,11,14H,3-6,8H2,1H3/t11-/m1/s1. The molecule has 1 aromatic rings. The van der Waals surface area contributed by atoms with Gasteiger partial charge in [-0.05, 0) is 49.7 Å². The summed E-state index contributed by atoms with van der Waals surface area (Å²) in [6.45, 7) is 0.949. The fourth-order valence-electron chi connectivity index (χ4n) is 3.11. The maximum Gasteiger partial charge on any atom is 0.110 e. The normalized spacial score (nSPS) is 32.4. The lowest BCUT2D eigenvalue weighted by Gasteiger charge is -2.34. The zero-order valence-corrected chi connectivity index (χ0v) is 10.4. The van der Waals surface area contributed by atoms with E-state index in [4.69, 9.17) is 4.74 Å². The van der Waals surface area contributed by atoms with Crippen molar-refractivity contribution in [3.63, 3.8) is 0 Å². The molecule has 86 valence electrons. The highest BCUT2D eigenvalue weighted by Crippen LogP contribution is 2.60. The van der Waals surface area contributed by atoms with Gasteiger partial charge < -0.3 is 10.1 Å². The molecule has 1 spiro atoms. The smallest absolute Gasteiger partial charge is 0.110 e. The van der Waals surface area contributed by atoms with E-state index in [-0.39, 0.29) is 5.54 Å². The maximum atomic E-state index is 6.21. The van der Waals surface area contributed by atoms with Gasteiger partial charge in [-0.1, -0.05) is 0 Å². The second-order valence-corrected chi connectivity index (χ2v) is 6.52. The monoisotopic (exact) mass is 235 g/mol. The summed E-state index contributed by atoms with van der Waals surface area (Å²) < 4.78 is 6.21. The number of rotatable bonds is 2. The molecule has 2 nitrogen and oxygen atoms in total. The van der Waals surface area contributed by atoms with Crippen molar-refractivity contribution < 1.29 is 4.74 Å². The van der Waals surface area contributed by atoms with Gasteiger partial charge in [0.05, 0.1) is 6.61 Å². The fourth-order valence-corrected chi connectivity index (χ4v) is 4.29. The molecule has 16 heavy (non-hydrogen) atoms. The van der Waals surface area contributed by atoms with Crippen molar-refractivity contribution in [1.82, 2.24) is 5.32 Å². The molecule has 1 aromatic heterocycles. The molecular weight excluding hydrogens is 218 g/mol. The van der Waals surface area contributed by atoms with E-state index in [2.05, 4.69) is 23.8 Å². The van der Waals surface area contributed by atoms with E-state index in [0.717, 1.165) is 6.61 Å². The van der Waals surface area contributed by atoms with Crippen molar-refractivity contribution in [2.24, 2.45) is 0 Å². The zero-order valence-electron chi connectivity index (χ0n) is 9.58. The highest BCUT2D eigenvalue weighted by atomic mass is 32.1. The Balaban J connectivity index is 1.77. The van der Waals surface area contributed by atoms with E-state index in [1.165, 1.54) is 30.6 Å². The topological polar surface area (TPSA) is 21.3 Å². The molecule has 2 saturated carbocycles. The molecule has 1 aliphatic heterocycles. The summed E-state index contributed by atoms with van der Waals surface area (Å²) >= 11 is 1.89. The molecule has 4 rings (SSSR count). The molecule has 0 radical (unpaired) electrons. The van der Waals surface area contributed by atoms with Gasteiger partial charge in [-0.15, -0.1) is 11.3 Å². The van der Waals surface area contributed by atoms with Crippen LogP contribution >= 0.6 is 11.3 Å². The molecule has 1 N–H and O–H groups in total. The first-order chi connectivity index (χ1) is 7.80. The Morgan fingerprint density at radius 2 is 2.19 bits per heavy atom. The van der Waals surface area contributed by atoms with Crippen molar-refractivity contribution in [3.8, 4) is 0 Å². The number of ether oxygens (including phenoxy) is 1. The van der Waals surface area contributed by atoms with E-state index >= 15 is 0 Å². The van der Waals surface area contributed by atoms with Crippen molar-refractivity contribution in [2.45, 2.75) is 42.7 Å². The Morgan fingerprint density at radius 3 is 2.81 bits per heavy atom. The quantitative estimate of drug-likeness (QED) is 0.851. The largest absolute Gasteiger partial charge is 0.370 e. The predicted octanol–water partition coefficient (Wildman–Crippen LogP) is 2.60. The summed E-state index contributed by atoms with van der Waals surface area (Å²) in [6.07, 6.45) is 5.50. The Morgan fingerprint density at radius 1 is 1.38 bits per heavy atom. The SMILES string of the molecule is CNC1([C@@H]2OCC3(CC3)c3ccsc32)CC1. The van der Waals surface area contributed by atoms with E-state index in [1.54, 1.807) is 5.56 Å². The predicted molar refractivity (Wildman–Crippen MR) is 64.9 cm³/mol. The van der Waals surface area contributed by atoms with E-state index in [9.17, 15) is 0 Å². The summed E-state index contributed by atoms with van der Waals surface area (Å²) in [5.41, 5.74) is 2.29. The van der Waals surface area contributed by atoms with E-state index in [0.29, 0.717) is 11.5 Å². The Labute approximate surface area is 100 Å². The van der Waals surface area contributed by atoms with Crippen LogP contribution in [-0.2, 0) is 10.2 Å².